The first-order valence-electron chi connectivity index (χ1n) is 5.27. The third-order valence-corrected chi connectivity index (χ3v) is 2.55. The molecule has 1 rings (SSSR count). The van der Waals surface area contributed by atoms with E-state index in [9.17, 15) is 5.11 Å². The van der Waals surface area contributed by atoms with E-state index < -0.39 is 5.60 Å². The van der Waals surface area contributed by atoms with Gasteiger partial charge in [-0.3, -0.25) is 0 Å². The lowest BCUT2D eigenvalue weighted by Gasteiger charge is -2.22. The lowest BCUT2D eigenvalue weighted by atomic mass is 9.93. The van der Waals surface area contributed by atoms with Crippen molar-refractivity contribution in [3.63, 3.8) is 0 Å². The van der Waals surface area contributed by atoms with Crippen molar-refractivity contribution in [2.45, 2.75) is 39.2 Å². The molecule has 0 aliphatic rings. The molecule has 0 unspecified atom stereocenters. The largest absolute Gasteiger partial charge is 0.496 e. The monoisotopic (exact) mass is 208 g/mol. The second-order valence-corrected chi connectivity index (χ2v) is 4.67. The third kappa shape index (κ3) is 2.72. The van der Waals surface area contributed by atoms with Gasteiger partial charge in [-0.15, -0.1) is 0 Å². The Morgan fingerprint density at radius 2 is 1.87 bits per heavy atom. The minimum atomic E-state index is -0.860. The maximum atomic E-state index is 9.95. The first-order valence-corrected chi connectivity index (χ1v) is 5.27. The Bertz CT molecular complexity index is 335. The van der Waals surface area contributed by atoms with Crippen molar-refractivity contribution in [1.82, 2.24) is 0 Å². The number of ether oxygens (including phenoxy) is 1. The summed E-state index contributed by atoms with van der Waals surface area (Å²) in [4.78, 5) is 0. The maximum Gasteiger partial charge on any atom is 0.125 e. The fourth-order valence-corrected chi connectivity index (χ4v) is 1.57. The molecule has 0 aromatic heterocycles. The number of hydrogen-bond acceptors (Lipinski definition) is 2. The van der Waals surface area contributed by atoms with Crippen LogP contribution in [0.15, 0.2) is 18.2 Å². The molecule has 2 nitrogen and oxygen atoms in total. The Hall–Kier alpha value is -1.02. The van der Waals surface area contributed by atoms with Crippen LogP contribution in [0.5, 0.6) is 5.75 Å². The molecule has 0 amide bonds. The van der Waals surface area contributed by atoms with E-state index in [1.807, 2.05) is 18.2 Å². The van der Waals surface area contributed by atoms with Crippen molar-refractivity contribution in [3.05, 3.63) is 29.3 Å². The molecule has 0 saturated heterocycles. The van der Waals surface area contributed by atoms with Gasteiger partial charge in [0.05, 0.1) is 12.7 Å². The average Bonchev–Trinajstić information content (AvgIpc) is 2.15. The smallest absolute Gasteiger partial charge is 0.125 e. The van der Waals surface area contributed by atoms with Gasteiger partial charge in [-0.2, -0.15) is 0 Å². The summed E-state index contributed by atoms with van der Waals surface area (Å²) in [6.45, 7) is 7.80. The predicted molar refractivity (Wildman–Crippen MR) is 62.3 cm³/mol. The third-order valence-electron chi connectivity index (χ3n) is 2.55. The fourth-order valence-electron chi connectivity index (χ4n) is 1.57. The van der Waals surface area contributed by atoms with Crippen LogP contribution < -0.4 is 4.74 Å². The Labute approximate surface area is 91.9 Å². The van der Waals surface area contributed by atoms with Gasteiger partial charge in [0.15, 0.2) is 0 Å². The van der Waals surface area contributed by atoms with E-state index in [-0.39, 0.29) is 0 Å². The minimum Gasteiger partial charge on any atom is -0.496 e. The van der Waals surface area contributed by atoms with E-state index in [1.165, 1.54) is 5.56 Å². The summed E-state index contributed by atoms with van der Waals surface area (Å²) in [5, 5.41) is 9.95. The highest BCUT2D eigenvalue weighted by Crippen LogP contribution is 2.32. The normalized spacial score (nSPS) is 11.9. The standard InChI is InChI=1S/C13H20O2/c1-9(2)10-6-7-11(13(3,4)14)12(8-10)15-5/h6-9,14H,1-5H3. The topological polar surface area (TPSA) is 29.5 Å². The van der Waals surface area contributed by atoms with Crippen molar-refractivity contribution < 1.29 is 9.84 Å². The van der Waals surface area contributed by atoms with Crippen molar-refractivity contribution in [2.24, 2.45) is 0 Å². The Morgan fingerprint density at radius 3 is 2.27 bits per heavy atom. The van der Waals surface area contributed by atoms with Crippen LogP contribution in [0, 0.1) is 0 Å². The zero-order chi connectivity index (χ0) is 11.6. The van der Waals surface area contributed by atoms with Gasteiger partial charge in [-0.25, -0.2) is 0 Å². The quantitative estimate of drug-likeness (QED) is 0.827. The molecule has 0 saturated carbocycles. The molecule has 15 heavy (non-hydrogen) atoms. The van der Waals surface area contributed by atoms with Gasteiger partial charge in [0.25, 0.3) is 0 Å². The summed E-state index contributed by atoms with van der Waals surface area (Å²) in [6.07, 6.45) is 0. The highest BCUT2D eigenvalue weighted by atomic mass is 16.5. The highest BCUT2D eigenvalue weighted by molar-refractivity contribution is 5.41. The van der Waals surface area contributed by atoms with Gasteiger partial charge in [-0.1, -0.05) is 26.0 Å². The number of methoxy groups -OCH3 is 1. The molecule has 0 heterocycles. The summed E-state index contributed by atoms with van der Waals surface area (Å²) in [5.74, 6) is 1.23. The molecule has 0 aliphatic carbocycles. The van der Waals surface area contributed by atoms with E-state index in [4.69, 9.17) is 4.74 Å². The van der Waals surface area contributed by atoms with Crippen LogP contribution >= 0.6 is 0 Å². The second kappa shape index (κ2) is 4.23. The van der Waals surface area contributed by atoms with Crippen LogP contribution in [0.2, 0.25) is 0 Å². The van der Waals surface area contributed by atoms with Crippen LogP contribution in [-0.4, -0.2) is 12.2 Å². The molecule has 0 bridgehead atoms. The van der Waals surface area contributed by atoms with Gasteiger partial charge in [0, 0.05) is 5.56 Å². The number of rotatable bonds is 3. The summed E-state index contributed by atoms with van der Waals surface area (Å²) in [6, 6.07) is 5.98. The van der Waals surface area contributed by atoms with Gasteiger partial charge in [-0.05, 0) is 31.4 Å². The molecule has 0 fully saturated rings. The lowest BCUT2D eigenvalue weighted by molar-refractivity contribution is 0.0756. The van der Waals surface area contributed by atoms with Gasteiger partial charge in [0.2, 0.25) is 0 Å². The van der Waals surface area contributed by atoms with Gasteiger partial charge >= 0.3 is 0 Å². The van der Waals surface area contributed by atoms with Gasteiger partial charge < -0.3 is 9.84 Å². The molecule has 1 N–H and O–H groups in total. The average molecular weight is 208 g/mol. The first-order chi connectivity index (χ1) is 6.86. The minimum absolute atomic E-state index is 0.467. The fraction of sp³-hybridized carbons (Fsp3) is 0.538. The number of hydrogen-bond donors (Lipinski definition) is 1. The molecule has 1 aromatic carbocycles. The van der Waals surface area contributed by atoms with Crippen LogP contribution in [0.4, 0.5) is 0 Å². The van der Waals surface area contributed by atoms with Crippen molar-refractivity contribution in [1.29, 1.82) is 0 Å². The molecule has 0 aliphatic heterocycles. The SMILES string of the molecule is COc1cc(C(C)C)ccc1C(C)(C)O. The summed E-state index contributed by atoms with van der Waals surface area (Å²) in [7, 11) is 1.63. The molecule has 0 radical (unpaired) electrons. The van der Waals surface area contributed by atoms with Gasteiger partial charge in [0.1, 0.15) is 5.75 Å². The van der Waals surface area contributed by atoms with Crippen molar-refractivity contribution >= 4 is 0 Å². The summed E-state index contributed by atoms with van der Waals surface area (Å²) in [5.41, 5.74) is 1.19. The summed E-state index contributed by atoms with van der Waals surface area (Å²) < 4.78 is 5.30. The molecule has 0 atom stereocenters. The molecular weight excluding hydrogens is 188 g/mol. The zero-order valence-electron chi connectivity index (χ0n) is 10.2. The lowest BCUT2D eigenvalue weighted by Crippen LogP contribution is -2.16. The highest BCUT2D eigenvalue weighted by Gasteiger charge is 2.21. The summed E-state index contributed by atoms with van der Waals surface area (Å²) >= 11 is 0. The Balaban J connectivity index is 3.21. The van der Waals surface area contributed by atoms with Crippen LogP contribution in [0.25, 0.3) is 0 Å². The van der Waals surface area contributed by atoms with E-state index in [2.05, 4.69) is 13.8 Å². The molecule has 0 spiro atoms. The molecule has 84 valence electrons. The van der Waals surface area contributed by atoms with Crippen LogP contribution in [-0.2, 0) is 5.60 Å². The van der Waals surface area contributed by atoms with E-state index in [0.717, 1.165) is 11.3 Å². The Kier molecular flexibility index (Phi) is 3.40. The van der Waals surface area contributed by atoms with E-state index >= 15 is 0 Å². The van der Waals surface area contributed by atoms with Crippen LogP contribution in [0.1, 0.15) is 44.7 Å². The molecular formula is C13H20O2. The number of benzene rings is 1. The van der Waals surface area contributed by atoms with Crippen LogP contribution in [0.3, 0.4) is 0 Å². The van der Waals surface area contributed by atoms with E-state index in [1.54, 1.807) is 21.0 Å². The second-order valence-electron chi connectivity index (χ2n) is 4.67. The van der Waals surface area contributed by atoms with E-state index in [0.29, 0.717) is 5.92 Å². The maximum absolute atomic E-state index is 9.95. The van der Waals surface area contributed by atoms with Crippen molar-refractivity contribution in [2.75, 3.05) is 7.11 Å². The number of aliphatic hydroxyl groups is 1. The molecule has 1 aromatic rings. The van der Waals surface area contributed by atoms with Crippen molar-refractivity contribution in [3.8, 4) is 5.75 Å². The predicted octanol–water partition coefficient (Wildman–Crippen LogP) is 3.05. The first kappa shape index (κ1) is 12.1. The molecule has 2 heteroatoms. The Morgan fingerprint density at radius 1 is 1.27 bits per heavy atom. The zero-order valence-corrected chi connectivity index (χ0v) is 10.2.